The molecule has 0 spiro atoms. The molecule has 1 fully saturated rings. The molecular weight excluding hydrogens is 587 g/mol. The normalized spacial score (nSPS) is 15.9. The summed E-state index contributed by atoms with van der Waals surface area (Å²) in [6.45, 7) is 0.208. The van der Waals surface area contributed by atoms with Crippen LogP contribution < -0.4 is 5.32 Å². The molecule has 1 aromatic carbocycles. The maximum absolute atomic E-state index is 12.2. The zero-order valence-corrected chi connectivity index (χ0v) is 16.1. The van der Waals surface area contributed by atoms with Gasteiger partial charge in [0.2, 0.25) is 0 Å². The second-order valence-electron chi connectivity index (χ2n) is 4.52. The lowest BCUT2D eigenvalue weighted by Crippen LogP contribution is -2.34. The number of rotatable bonds is 4. The van der Waals surface area contributed by atoms with Crippen LogP contribution in [0.2, 0.25) is 0 Å². The third-order valence-corrected chi connectivity index (χ3v) is 6.80. The summed E-state index contributed by atoms with van der Waals surface area (Å²) in [7, 11) is 0. The molecule has 0 saturated heterocycles. The first-order valence-electron chi connectivity index (χ1n) is 5.52. The molecule has 0 atom stereocenters. The second kappa shape index (κ2) is 6.00. The fraction of sp³-hybridized carbons (Fsp3) is 0.333. The van der Waals surface area contributed by atoms with E-state index in [1.54, 1.807) is 0 Å². The van der Waals surface area contributed by atoms with E-state index in [0.29, 0.717) is 18.4 Å². The quantitative estimate of drug-likeness (QED) is 0.415. The van der Waals surface area contributed by atoms with E-state index in [0.717, 1.165) is 10.7 Å². The van der Waals surface area contributed by atoms with E-state index in [2.05, 4.69) is 73.1 Å². The van der Waals surface area contributed by atoms with E-state index in [1.807, 2.05) is 12.1 Å². The lowest BCUT2D eigenvalue weighted by molar-refractivity contribution is -0.143. The number of amides is 1. The minimum atomic E-state index is -0.820. The molecule has 0 radical (unpaired) electrons. The SMILES string of the molecule is O=C(NCC1(C(=O)O)CC1)c1cc(I)cc(I)c1I. The Balaban J connectivity index is 2.11. The van der Waals surface area contributed by atoms with Gasteiger partial charge in [0.15, 0.2) is 0 Å². The molecule has 1 aliphatic carbocycles. The molecule has 0 aromatic heterocycles. The third-order valence-electron chi connectivity index (χ3n) is 3.13. The number of carbonyl (C=O) groups excluding carboxylic acids is 1. The Kier molecular flexibility index (Phi) is 4.97. The topological polar surface area (TPSA) is 66.4 Å². The molecule has 7 heteroatoms. The molecule has 1 amide bonds. The fourth-order valence-corrected chi connectivity index (χ4v) is 4.08. The zero-order valence-electron chi connectivity index (χ0n) is 9.67. The minimum Gasteiger partial charge on any atom is -0.481 e. The van der Waals surface area contributed by atoms with Crippen LogP contribution in [0.4, 0.5) is 0 Å². The van der Waals surface area contributed by atoms with Crippen LogP contribution in [0, 0.1) is 16.1 Å². The van der Waals surface area contributed by atoms with Crippen LogP contribution in [-0.2, 0) is 4.79 Å². The highest BCUT2D eigenvalue weighted by Crippen LogP contribution is 2.45. The standard InChI is InChI=1S/C12H10I3NO3/c13-6-3-7(9(15)8(14)4-6)10(17)16-5-12(1-2-12)11(18)19/h3-4H,1-2,5H2,(H,16,17)(H,18,19). The predicted octanol–water partition coefficient (Wildman–Crippen LogP) is 3.10. The van der Waals surface area contributed by atoms with Crippen LogP contribution in [0.25, 0.3) is 0 Å². The largest absolute Gasteiger partial charge is 0.481 e. The van der Waals surface area contributed by atoms with Gasteiger partial charge in [-0.25, -0.2) is 0 Å². The molecule has 0 heterocycles. The van der Waals surface area contributed by atoms with Gasteiger partial charge in [0.1, 0.15) is 0 Å². The van der Waals surface area contributed by atoms with E-state index in [9.17, 15) is 9.59 Å². The highest BCUT2D eigenvalue weighted by atomic mass is 127. The number of benzene rings is 1. The number of carbonyl (C=O) groups is 2. The number of carboxylic acids is 1. The number of hydrogen-bond acceptors (Lipinski definition) is 2. The number of nitrogens with one attached hydrogen (secondary N) is 1. The van der Waals surface area contributed by atoms with Gasteiger partial charge in [-0.3, -0.25) is 9.59 Å². The maximum Gasteiger partial charge on any atom is 0.311 e. The van der Waals surface area contributed by atoms with Crippen molar-refractivity contribution in [3.8, 4) is 0 Å². The van der Waals surface area contributed by atoms with Gasteiger partial charge in [0, 0.05) is 17.3 Å². The van der Waals surface area contributed by atoms with E-state index in [4.69, 9.17) is 5.11 Å². The van der Waals surface area contributed by atoms with E-state index in [-0.39, 0.29) is 12.5 Å². The molecule has 19 heavy (non-hydrogen) atoms. The van der Waals surface area contributed by atoms with Crippen LogP contribution in [0.15, 0.2) is 12.1 Å². The Bertz CT molecular complexity index is 555. The van der Waals surface area contributed by atoms with Crippen LogP contribution in [0.1, 0.15) is 23.2 Å². The van der Waals surface area contributed by atoms with Gasteiger partial charge in [0.25, 0.3) is 5.91 Å². The van der Waals surface area contributed by atoms with Gasteiger partial charge >= 0.3 is 5.97 Å². The van der Waals surface area contributed by atoms with Gasteiger partial charge in [0.05, 0.1) is 11.0 Å². The van der Waals surface area contributed by atoms with Crippen molar-refractivity contribution in [2.24, 2.45) is 5.41 Å². The summed E-state index contributed by atoms with van der Waals surface area (Å²) in [6.07, 6.45) is 1.28. The second-order valence-corrected chi connectivity index (χ2v) is 8.00. The third kappa shape index (κ3) is 3.52. The van der Waals surface area contributed by atoms with E-state index >= 15 is 0 Å². The summed E-state index contributed by atoms with van der Waals surface area (Å²) < 4.78 is 2.91. The molecule has 0 aliphatic heterocycles. The summed E-state index contributed by atoms with van der Waals surface area (Å²) >= 11 is 6.49. The lowest BCUT2D eigenvalue weighted by atomic mass is 10.1. The van der Waals surface area contributed by atoms with E-state index in [1.165, 1.54) is 0 Å². The average Bonchev–Trinajstić information content (AvgIpc) is 3.12. The fourth-order valence-electron chi connectivity index (χ4n) is 1.68. The zero-order chi connectivity index (χ0) is 14.2. The van der Waals surface area contributed by atoms with Crippen molar-refractivity contribution < 1.29 is 14.7 Å². The van der Waals surface area contributed by atoms with Crippen molar-refractivity contribution in [1.82, 2.24) is 5.32 Å². The van der Waals surface area contributed by atoms with Crippen LogP contribution in [0.3, 0.4) is 0 Å². The summed E-state index contributed by atoms with van der Waals surface area (Å²) in [5, 5.41) is 11.8. The van der Waals surface area contributed by atoms with E-state index < -0.39 is 11.4 Å². The van der Waals surface area contributed by atoms with Gasteiger partial charge in [-0.2, -0.15) is 0 Å². The molecule has 4 nitrogen and oxygen atoms in total. The highest BCUT2D eigenvalue weighted by Gasteiger charge is 2.50. The Morgan fingerprint density at radius 3 is 2.42 bits per heavy atom. The lowest BCUT2D eigenvalue weighted by Gasteiger charge is -2.12. The van der Waals surface area contributed by atoms with Gasteiger partial charge in [-0.15, -0.1) is 0 Å². The number of halogens is 3. The molecule has 102 valence electrons. The van der Waals surface area contributed by atoms with Gasteiger partial charge in [-0.05, 0) is 92.7 Å². The Morgan fingerprint density at radius 1 is 1.26 bits per heavy atom. The van der Waals surface area contributed by atoms with Crippen molar-refractivity contribution in [2.75, 3.05) is 6.54 Å². The summed E-state index contributed by atoms with van der Waals surface area (Å²) in [5.74, 6) is -1.02. The first-order chi connectivity index (χ1) is 8.85. The predicted molar refractivity (Wildman–Crippen MR) is 96.2 cm³/mol. The van der Waals surface area contributed by atoms with Crippen LogP contribution >= 0.6 is 67.8 Å². The van der Waals surface area contributed by atoms with Crippen molar-refractivity contribution >= 4 is 79.6 Å². The molecule has 2 N–H and O–H groups in total. The Labute approximate surface area is 151 Å². The van der Waals surface area contributed by atoms with Crippen LogP contribution in [-0.4, -0.2) is 23.5 Å². The van der Waals surface area contributed by atoms with Crippen molar-refractivity contribution in [1.29, 1.82) is 0 Å². The summed E-state index contributed by atoms with van der Waals surface area (Å²) in [6, 6.07) is 3.82. The van der Waals surface area contributed by atoms with Gasteiger partial charge in [-0.1, -0.05) is 0 Å². The maximum atomic E-state index is 12.2. The molecule has 2 rings (SSSR count). The molecule has 1 aromatic rings. The summed E-state index contributed by atoms with van der Waals surface area (Å²) in [5.41, 5.74) is -0.117. The average molecular weight is 597 g/mol. The molecule has 0 unspecified atom stereocenters. The van der Waals surface area contributed by atoms with Gasteiger partial charge < -0.3 is 10.4 Å². The Morgan fingerprint density at radius 2 is 1.89 bits per heavy atom. The molecular formula is C12H10I3NO3. The number of aliphatic carboxylic acids is 1. The first-order valence-corrected chi connectivity index (χ1v) is 8.75. The highest BCUT2D eigenvalue weighted by molar-refractivity contribution is 14.1. The number of hydrogen-bond donors (Lipinski definition) is 2. The molecule has 1 saturated carbocycles. The van der Waals surface area contributed by atoms with Crippen LogP contribution in [0.5, 0.6) is 0 Å². The smallest absolute Gasteiger partial charge is 0.311 e. The Hall–Kier alpha value is 0.350. The molecule has 1 aliphatic rings. The van der Waals surface area contributed by atoms with Crippen molar-refractivity contribution in [3.05, 3.63) is 28.4 Å². The minimum absolute atomic E-state index is 0.201. The van der Waals surface area contributed by atoms with Crippen molar-refractivity contribution in [2.45, 2.75) is 12.8 Å². The number of carboxylic acid groups (broad SMARTS) is 1. The molecule has 0 bridgehead atoms. The monoisotopic (exact) mass is 597 g/mol. The first kappa shape index (κ1) is 15.7. The summed E-state index contributed by atoms with van der Waals surface area (Å²) in [4.78, 5) is 23.2. The van der Waals surface area contributed by atoms with Crippen molar-refractivity contribution in [3.63, 3.8) is 0 Å².